The predicted octanol–water partition coefficient (Wildman–Crippen LogP) is 1.40. The number of thioether (sulfide) groups is 1. The highest BCUT2D eigenvalue weighted by Crippen LogP contribution is 2.39. The smallest absolute Gasteiger partial charge is 0.0713 e. The Morgan fingerprint density at radius 1 is 1.14 bits per heavy atom. The van der Waals surface area contributed by atoms with E-state index in [1.165, 1.54) is 69.9 Å². The van der Waals surface area contributed by atoms with E-state index < -0.39 is 0 Å². The zero-order chi connectivity index (χ0) is 14.5. The van der Waals surface area contributed by atoms with Gasteiger partial charge in [-0.05, 0) is 56.7 Å². The molecule has 0 saturated carbocycles. The van der Waals surface area contributed by atoms with E-state index in [1.54, 1.807) is 0 Å². The molecule has 3 aliphatic heterocycles. The third kappa shape index (κ3) is 4.14. The first-order valence-corrected chi connectivity index (χ1v) is 9.85. The second kappa shape index (κ2) is 7.64. The van der Waals surface area contributed by atoms with Crippen LogP contribution in [0.2, 0.25) is 0 Å². The molecule has 0 bridgehead atoms. The molecular weight excluding hydrogens is 282 g/mol. The highest BCUT2D eigenvalue weighted by molar-refractivity contribution is 7.99. The monoisotopic (exact) mass is 313 g/mol. The van der Waals surface area contributed by atoms with Gasteiger partial charge in [-0.25, -0.2) is 0 Å². The molecule has 4 nitrogen and oxygen atoms in total. The second-order valence-electron chi connectivity index (χ2n) is 6.81. The fraction of sp³-hybridized carbons (Fsp3) is 1.00. The maximum absolute atomic E-state index is 6.24. The van der Waals surface area contributed by atoms with Crippen LogP contribution in [0.15, 0.2) is 0 Å². The van der Waals surface area contributed by atoms with E-state index in [1.807, 2.05) is 0 Å². The van der Waals surface area contributed by atoms with Gasteiger partial charge in [0, 0.05) is 38.8 Å². The highest BCUT2D eigenvalue weighted by atomic mass is 32.2. The molecule has 0 radical (unpaired) electrons. The summed E-state index contributed by atoms with van der Waals surface area (Å²) >= 11 is 2.10. The first-order chi connectivity index (χ1) is 10.3. The van der Waals surface area contributed by atoms with E-state index in [9.17, 15) is 0 Å². The summed E-state index contributed by atoms with van der Waals surface area (Å²) in [7, 11) is 0. The minimum atomic E-state index is 0.227. The van der Waals surface area contributed by atoms with Crippen LogP contribution in [0.5, 0.6) is 0 Å². The third-order valence-electron chi connectivity index (χ3n) is 5.47. The Hall–Kier alpha value is 0.190. The minimum absolute atomic E-state index is 0.227. The topological polar surface area (TPSA) is 41.7 Å². The van der Waals surface area contributed by atoms with Gasteiger partial charge in [0.1, 0.15) is 0 Å². The summed E-state index contributed by atoms with van der Waals surface area (Å²) in [4.78, 5) is 5.32. The van der Waals surface area contributed by atoms with Crippen LogP contribution in [0.1, 0.15) is 32.1 Å². The van der Waals surface area contributed by atoms with Gasteiger partial charge >= 0.3 is 0 Å². The Labute approximate surface area is 133 Å². The number of rotatable bonds is 4. The Kier molecular flexibility index (Phi) is 5.85. The maximum atomic E-state index is 6.24. The summed E-state index contributed by atoms with van der Waals surface area (Å²) in [5, 5.41) is 0. The summed E-state index contributed by atoms with van der Waals surface area (Å²) in [6.07, 6.45) is 6.18. The van der Waals surface area contributed by atoms with E-state index in [4.69, 9.17) is 10.5 Å². The van der Waals surface area contributed by atoms with Crippen LogP contribution in [0.3, 0.4) is 0 Å². The lowest BCUT2D eigenvalue weighted by Crippen LogP contribution is -2.55. The first kappa shape index (κ1) is 16.1. The Morgan fingerprint density at radius 2 is 1.90 bits per heavy atom. The SMILES string of the molecule is NCCCN1CCN(C2CCOC3(CCSCC3)C2)CC1. The minimum Gasteiger partial charge on any atom is -0.375 e. The molecular formula is C16H31N3OS. The molecule has 3 rings (SSSR count). The number of hydrogen-bond acceptors (Lipinski definition) is 5. The van der Waals surface area contributed by atoms with Crippen molar-refractivity contribution >= 4 is 11.8 Å². The summed E-state index contributed by atoms with van der Waals surface area (Å²) in [5.74, 6) is 2.58. The normalized spacial score (nSPS) is 31.6. The zero-order valence-corrected chi connectivity index (χ0v) is 14.1. The van der Waals surface area contributed by atoms with Crippen molar-refractivity contribution in [3.05, 3.63) is 0 Å². The van der Waals surface area contributed by atoms with Crippen molar-refractivity contribution in [2.24, 2.45) is 5.73 Å². The molecule has 3 fully saturated rings. The van der Waals surface area contributed by atoms with Crippen molar-refractivity contribution in [3.63, 3.8) is 0 Å². The van der Waals surface area contributed by atoms with Gasteiger partial charge in [0.2, 0.25) is 0 Å². The van der Waals surface area contributed by atoms with Gasteiger partial charge in [-0.3, -0.25) is 4.90 Å². The van der Waals surface area contributed by atoms with Gasteiger partial charge < -0.3 is 15.4 Å². The van der Waals surface area contributed by atoms with Crippen molar-refractivity contribution in [2.75, 3.05) is 57.4 Å². The van der Waals surface area contributed by atoms with Gasteiger partial charge in [0.05, 0.1) is 5.60 Å². The van der Waals surface area contributed by atoms with Crippen LogP contribution in [0.25, 0.3) is 0 Å². The van der Waals surface area contributed by atoms with Crippen molar-refractivity contribution in [3.8, 4) is 0 Å². The molecule has 0 aromatic carbocycles. The van der Waals surface area contributed by atoms with Gasteiger partial charge in [-0.15, -0.1) is 0 Å². The van der Waals surface area contributed by atoms with Crippen LogP contribution in [-0.4, -0.2) is 78.8 Å². The van der Waals surface area contributed by atoms with Gasteiger partial charge in [-0.1, -0.05) is 0 Å². The molecule has 21 heavy (non-hydrogen) atoms. The van der Waals surface area contributed by atoms with Crippen LogP contribution >= 0.6 is 11.8 Å². The molecule has 1 spiro atoms. The maximum Gasteiger partial charge on any atom is 0.0713 e. The van der Waals surface area contributed by atoms with Crippen molar-refractivity contribution < 1.29 is 4.74 Å². The standard InChI is InChI=1S/C16H31N3OS/c17-5-1-6-18-7-9-19(10-8-18)15-2-11-20-16(14-15)3-12-21-13-4-16/h15H,1-14,17H2. The molecule has 1 unspecified atom stereocenters. The Bertz CT molecular complexity index is 309. The van der Waals surface area contributed by atoms with Gasteiger partial charge in [0.25, 0.3) is 0 Å². The fourth-order valence-corrected chi connectivity index (χ4v) is 5.31. The summed E-state index contributed by atoms with van der Waals surface area (Å²) < 4.78 is 6.24. The number of hydrogen-bond donors (Lipinski definition) is 1. The van der Waals surface area contributed by atoms with Crippen molar-refractivity contribution in [1.82, 2.24) is 9.80 Å². The molecule has 5 heteroatoms. The van der Waals surface area contributed by atoms with E-state index in [0.29, 0.717) is 0 Å². The quantitative estimate of drug-likeness (QED) is 0.850. The van der Waals surface area contributed by atoms with Crippen molar-refractivity contribution in [1.29, 1.82) is 0 Å². The third-order valence-corrected chi connectivity index (χ3v) is 6.46. The lowest BCUT2D eigenvalue weighted by atomic mass is 9.84. The molecule has 122 valence electrons. The largest absolute Gasteiger partial charge is 0.375 e. The lowest BCUT2D eigenvalue weighted by Gasteiger charge is -2.48. The fourth-order valence-electron chi connectivity index (χ4n) is 4.07. The van der Waals surface area contributed by atoms with E-state index in [2.05, 4.69) is 21.6 Å². The molecule has 3 aliphatic rings. The number of nitrogens with zero attached hydrogens (tertiary/aromatic N) is 2. The van der Waals surface area contributed by atoms with E-state index in [0.717, 1.165) is 25.6 Å². The molecule has 2 N–H and O–H groups in total. The Morgan fingerprint density at radius 3 is 2.62 bits per heavy atom. The van der Waals surface area contributed by atoms with Crippen molar-refractivity contribution in [2.45, 2.75) is 43.7 Å². The Balaban J connectivity index is 1.48. The van der Waals surface area contributed by atoms with Crippen LogP contribution in [0, 0.1) is 0 Å². The number of ether oxygens (including phenoxy) is 1. The first-order valence-electron chi connectivity index (χ1n) is 8.69. The highest BCUT2D eigenvalue weighted by Gasteiger charge is 2.40. The molecule has 0 aromatic heterocycles. The number of piperazine rings is 1. The molecule has 3 heterocycles. The second-order valence-corrected chi connectivity index (χ2v) is 8.04. The molecule has 0 amide bonds. The summed E-state index contributed by atoms with van der Waals surface area (Å²) in [6, 6.07) is 0.763. The molecule has 1 atom stereocenters. The molecule has 3 saturated heterocycles. The van der Waals surface area contributed by atoms with Crippen LogP contribution in [-0.2, 0) is 4.74 Å². The average Bonchev–Trinajstić information content (AvgIpc) is 2.54. The molecule has 0 aliphatic carbocycles. The van der Waals surface area contributed by atoms with Crippen LogP contribution in [0.4, 0.5) is 0 Å². The lowest BCUT2D eigenvalue weighted by molar-refractivity contribution is -0.114. The zero-order valence-electron chi connectivity index (χ0n) is 13.3. The van der Waals surface area contributed by atoms with Gasteiger partial charge in [0.15, 0.2) is 0 Å². The average molecular weight is 314 g/mol. The predicted molar refractivity (Wildman–Crippen MR) is 89.9 cm³/mol. The van der Waals surface area contributed by atoms with Crippen LogP contribution < -0.4 is 5.73 Å². The summed E-state index contributed by atoms with van der Waals surface area (Å²) in [6.45, 7) is 7.89. The van der Waals surface area contributed by atoms with E-state index in [-0.39, 0.29) is 5.60 Å². The molecule has 0 aromatic rings. The number of nitrogens with two attached hydrogens (primary N) is 1. The summed E-state index contributed by atoms with van der Waals surface area (Å²) in [5.41, 5.74) is 5.84. The van der Waals surface area contributed by atoms with Gasteiger partial charge in [-0.2, -0.15) is 11.8 Å². The van der Waals surface area contributed by atoms with E-state index >= 15 is 0 Å².